The van der Waals surface area contributed by atoms with E-state index in [0.29, 0.717) is 5.75 Å². The van der Waals surface area contributed by atoms with Crippen molar-refractivity contribution in [1.29, 1.82) is 0 Å². The van der Waals surface area contributed by atoms with Crippen molar-refractivity contribution in [3.8, 4) is 5.75 Å². The number of phenolic OH excluding ortho intramolecular Hbond substituents is 1. The molecule has 0 aliphatic heterocycles. The van der Waals surface area contributed by atoms with Crippen LogP contribution in [0.25, 0.3) is 0 Å². The summed E-state index contributed by atoms with van der Waals surface area (Å²) in [6.07, 6.45) is 3.54. The fourth-order valence-electron chi connectivity index (χ4n) is 1.78. The Hall–Kier alpha value is -1.84. The van der Waals surface area contributed by atoms with Gasteiger partial charge in [0.25, 0.3) is 0 Å². The average Bonchev–Trinajstić information content (AvgIpc) is 2.78. The first-order valence-electron chi connectivity index (χ1n) is 5.86. The van der Waals surface area contributed by atoms with Crippen LogP contribution in [-0.2, 0) is 19.4 Å². The minimum Gasteiger partial charge on any atom is -0.508 e. The van der Waals surface area contributed by atoms with Crippen LogP contribution in [0.1, 0.15) is 23.7 Å². The maximum absolute atomic E-state index is 9.72. The van der Waals surface area contributed by atoms with E-state index in [2.05, 4.69) is 10.3 Å². The van der Waals surface area contributed by atoms with Crippen LogP contribution in [0.4, 0.5) is 0 Å². The molecule has 0 saturated heterocycles. The quantitative estimate of drug-likeness (QED) is 0.876. The molecule has 0 amide bonds. The second kappa shape index (κ2) is 4.99. The molecule has 0 radical (unpaired) electrons. The third-order valence-corrected chi connectivity index (χ3v) is 2.80. The molecule has 17 heavy (non-hydrogen) atoms. The van der Waals surface area contributed by atoms with E-state index < -0.39 is 0 Å². The number of hydrogen-bond acceptors (Lipinski definition) is 3. The molecule has 1 heterocycles. The van der Waals surface area contributed by atoms with Crippen molar-refractivity contribution in [2.24, 2.45) is 0 Å². The summed E-state index contributed by atoms with van der Waals surface area (Å²) >= 11 is 0. The van der Waals surface area contributed by atoms with Crippen molar-refractivity contribution < 1.29 is 5.11 Å². The van der Waals surface area contributed by atoms with Crippen LogP contribution < -0.4 is 0 Å². The van der Waals surface area contributed by atoms with Gasteiger partial charge in [0.05, 0.1) is 5.69 Å². The molecule has 1 aromatic carbocycles. The summed E-state index contributed by atoms with van der Waals surface area (Å²) in [5, 5.41) is 17.8. The summed E-state index contributed by atoms with van der Waals surface area (Å²) in [4.78, 5) is 0. The van der Waals surface area contributed by atoms with Crippen molar-refractivity contribution in [3.05, 3.63) is 41.2 Å². The standard InChI is InChI=1S/C13H17N3O/c1-3-16-9-12(14-15-16)6-5-11-8-10(2)4-7-13(11)17/h4,7-9,17H,3,5-6H2,1-2H3. The smallest absolute Gasteiger partial charge is 0.118 e. The molecule has 0 saturated carbocycles. The SMILES string of the molecule is CCn1cc(CCc2cc(C)ccc2O)nn1. The van der Waals surface area contributed by atoms with Gasteiger partial charge in [-0.05, 0) is 38.3 Å². The first kappa shape index (κ1) is 11.6. The van der Waals surface area contributed by atoms with E-state index in [0.717, 1.165) is 36.2 Å². The zero-order chi connectivity index (χ0) is 12.3. The first-order valence-corrected chi connectivity index (χ1v) is 5.86. The Morgan fingerprint density at radius 2 is 2.12 bits per heavy atom. The summed E-state index contributed by atoms with van der Waals surface area (Å²) in [5.41, 5.74) is 3.10. The van der Waals surface area contributed by atoms with E-state index in [4.69, 9.17) is 0 Å². The third-order valence-electron chi connectivity index (χ3n) is 2.80. The normalized spacial score (nSPS) is 10.7. The van der Waals surface area contributed by atoms with Gasteiger partial charge in [0, 0.05) is 12.7 Å². The molecule has 0 unspecified atom stereocenters. The van der Waals surface area contributed by atoms with Gasteiger partial charge in [-0.2, -0.15) is 0 Å². The number of phenols is 1. The Balaban J connectivity index is 2.04. The molecule has 1 aromatic heterocycles. The molecule has 1 N–H and O–H groups in total. The highest BCUT2D eigenvalue weighted by atomic mass is 16.3. The number of benzene rings is 1. The number of aryl methyl sites for hydroxylation is 4. The second-order valence-corrected chi connectivity index (χ2v) is 4.20. The fourth-order valence-corrected chi connectivity index (χ4v) is 1.78. The summed E-state index contributed by atoms with van der Waals surface area (Å²) in [7, 11) is 0. The minimum atomic E-state index is 0.360. The molecule has 4 nitrogen and oxygen atoms in total. The number of nitrogens with zero attached hydrogens (tertiary/aromatic N) is 3. The lowest BCUT2D eigenvalue weighted by atomic mass is 10.0. The van der Waals surface area contributed by atoms with E-state index in [1.54, 1.807) is 6.07 Å². The zero-order valence-corrected chi connectivity index (χ0v) is 10.2. The topological polar surface area (TPSA) is 50.9 Å². The molecule has 2 aromatic rings. The van der Waals surface area contributed by atoms with Crippen molar-refractivity contribution in [1.82, 2.24) is 15.0 Å². The molecule has 0 spiro atoms. The second-order valence-electron chi connectivity index (χ2n) is 4.20. The molecule has 0 aliphatic carbocycles. The number of rotatable bonds is 4. The van der Waals surface area contributed by atoms with E-state index >= 15 is 0 Å². The van der Waals surface area contributed by atoms with Crippen molar-refractivity contribution in [3.63, 3.8) is 0 Å². The molecule has 0 atom stereocenters. The summed E-state index contributed by atoms with van der Waals surface area (Å²) in [6, 6.07) is 5.67. The molecule has 0 bridgehead atoms. The predicted molar refractivity (Wildman–Crippen MR) is 65.9 cm³/mol. The van der Waals surface area contributed by atoms with Crippen LogP contribution in [0.5, 0.6) is 5.75 Å². The molecule has 2 rings (SSSR count). The summed E-state index contributed by atoms with van der Waals surface area (Å²) < 4.78 is 1.81. The largest absolute Gasteiger partial charge is 0.508 e. The van der Waals surface area contributed by atoms with E-state index in [1.807, 2.05) is 36.9 Å². The minimum absolute atomic E-state index is 0.360. The highest BCUT2D eigenvalue weighted by Gasteiger charge is 2.04. The Kier molecular flexibility index (Phi) is 3.42. The van der Waals surface area contributed by atoms with Crippen LogP contribution in [-0.4, -0.2) is 20.1 Å². The van der Waals surface area contributed by atoms with Crippen LogP contribution in [0.3, 0.4) is 0 Å². The summed E-state index contributed by atoms with van der Waals surface area (Å²) in [5.74, 6) is 0.360. The van der Waals surface area contributed by atoms with E-state index in [9.17, 15) is 5.11 Å². The fraction of sp³-hybridized carbons (Fsp3) is 0.385. The Bertz CT molecular complexity index is 505. The van der Waals surface area contributed by atoms with Gasteiger partial charge in [-0.1, -0.05) is 22.9 Å². The number of aromatic hydroxyl groups is 1. The Labute approximate surface area is 101 Å². The molecular formula is C13H17N3O. The maximum Gasteiger partial charge on any atom is 0.118 e. The van der Waals surface area contributed by atoms with Crippen LogP contribution in [0, 0.1) is 6.92 Å². The van der Waals surface area contributed by atoms with E-state index in [-0.39, 0.29) is 0 Å². The van der Waals surface area contributed by atoms with Crippen molar-refractivity contribution in [2.75, 3.05) is 0 Å². The van der Waals surface area contributed by atoms with Gasteiger partial charge in [-0.15, -0.1) is 5.10 Å². The van der Waals surface area contributed by atoms with Gasteiger partial charge in [-0.3, -0.25) is 4.68 Å². The number of aromatic nitrogens is 3. The van der Waals surface area contributed by atoms with Crippen LogP contribution in [0.15, 0.2) is 24.4 Å². The molecule has 90 valence electrons. The van der Waals surface area contributed by atoms with Gasteiger partial charge < -0.3 is 5.11 Å². The average molecular weight is 231 g/mol. The van der Waals surface area contributed by atoms with E-state index in [1.165, 1.54) is 0 Å². The zero-order valence-electron chi connectivity index (χ0n) is 10.2. The highest BCUT2D eigenvalue weighted by Crippen LogP contribution is 2.19. The lowest BCUT2D eigenvalue weighted by molar-refractivity contribution is 0.467. The van der Waals surface area contributed by atoms with Gasteiger partial charge in [0.15, 0.2) is 0 Å². The van der Waals surface area contributed by atoms with Gasteiger partial charge in [0.1, 0.15) is 5.75 Å². The lowest BCUT2D eigenvalue weighted by Gasteiger charge is -2.04. The van der Waals surface area contributed by atoms with Crippen LogP contribution >= 0.6 is 0 Å². The van der Waals surface area contributed by atoms with Crippen LogP contribution in [0.2, 0.25) is 0 Å². The highest BCUT2D eigenvalue weighted by molar-refractivity contribution is 5.36. The molecule has 0 fully saturated rings. The van der Waals surface area contributed by atoms with Gasteiger partial charge in [0.2, 0.25) is 0 Å². The first-order chi connectivity index (χ1) is 8.19. The maximum atomic E-state index is 9.72. The predicted octanol–water partition coefficient (Wildman–Crippen LogP) is 2.10. The summed E-state index contributed by atoms with van der Waals surface area (Å²) in [6.45, 7) is 4.89. The third kappa shape index (κ3) is 2.84. The Morgan fingerprint density at radius 3 is 2.82 bits per heavy atom. The Morgan fingerprint density at radius 1 is 1.29 bits per heavy atom. The molecule has 0 aliphatic rings. The lowest BCUT2D eigenvalue weighted by Crippen LogP contribution is -1.93. The molecular weight excluding hydrogens is 214 g/mol. The van der Waals surface area contributed by atoms with Gasteiger partial charge in [-0.25, -0.2) is 0 Å². The number of hydrogen-bond donors (Lipinski definition) is 1. The van der Waals surface area contributed by atoms with Gasteiger partial charge >= 0.3 is 0 Å². The van der Waals surface area contributed by atoms with Crippen molar-refractivity contribution in [2.45, 2.75) is 33.2 Å². The van der Waals surface area contributed by atoms with Crippen molar-refractivity contribution >= 4 is 0 Å². The monoisotopic (exact) mass is 231 g/mol. The molecule has 4 heteroatoms.